The molecule has 190 valence electrons. The van der Waals surface area contributed by atoms with Crippen molar-refractivity contribution in [3.05, 3.63) is 42.0 Å². The molecule has 1 saturated carbocycles. The zero-order valence-corrected chi connectivity index (χ0v) is 23.3. The van der Waals surface area contributed by atoms with Crippen LogP contribution in [0.2, 0.25) is 17.1 Å². The van der Waals surface area contributed by atoms with Gasteiger partial charge in [-0.3, -0.25) is 0 Å². The maximum absolute atomic E-state index is 6.33. The molecule has 0 unspecified atom stereocenters. The summed E-state index contributed by atoms with van der Waals surface area (Å²) in [6, 6.07) is 10.6. The molecule has 4 nitrogen and oxygen atoms in total. The van der Waals surface area contributed by atoms with Gasteiger partial charge in [0, 0.05) is 12.8 Å². The Hall–Kier alpha value is -0.983. The molecule has 1 aromatic rings. The summed E-state index contributed by atoms with van der Waals surface area (Å²) >= 11 is 0. The van der Waals surface area contributed by atoms with Crippen LogP contribution in [0.5, 0.6) is 0 Å². The van der Waals surface area contributed by atoms with Crippen LogP contribution in [0.1, 0.15) is 72.3 Å². The highest BCUT2D eigenvalue weighted by atomic mass is 28.3. The summed E-state index contributed by atoms with van der Waals surface area (Å²) in [4.78, 5) is 0. The van der Waals surface area contributed by atoms with Crippen molar-refractivity contribution in [2.45, 2.75) is 102 Å². The van der Waals surface area contributed by atoms with Crippen LogP contribution in [-0.2, 0) is 18.9 Å². The van der Waals surface area contributed by atoms with Gasteiger partial charge in [-0.25, -0.2) is 0 Å². The SMILES string of the molecule is Cc1ccc([Si](C/C=C/CCC2(C)C3(CCCC24OCCO4)OCCO3)(C(C)C)C(C)C)cc1. The molecule has 4 rings (SSSR count). The maximum Gasteiger partial charge on any atom is 0.178 e. The van der Waals surface area contributed by atoms with Gasteiger partial charge in [0.05, 0.1) is 39.9 Å². The fourth-order valence-corrected chi connectivity index (χ4v) is 12.4. The number of aryl methyl sites for hydroxylation is 1. The highest BCUT2D eigenvalue weighted by Crippen LogP contribution is 2.59. The minimum atomic E-state index is -1.71. The molecule has 1 aliphatic carbocycles. The minimum Gasteiger partial charge on any atom is -0.347 e. The van der Waals surface area contributed by atoms with Crippen LogP contribution >= 0.6 is 0 Å². The highest BCUT2D eigenvalue weighted by molar-refractivity contribution is 6.94. The summed E-state index contributed by atoms with van der Waals surface area (Å²) in [5.74, 6) is -1.17. The average Bonchev–Trinajstić information content (AvgIpc) is 3.47. The number of rotatable bonds is 8. The number of hydrogen-bond donors (Lipinski definition) is 0. The summed E-state index contributed by atoms with van der Waals surface area (Å²) in [6.07, 6.45) is 9.66. The van der Waals surface area contributed by atoms with Gasteiger partial charge in [-0.05, 0) is 50.2 Å². The Balaban J connectivity index is 1.52. The number of hydrogen-bond acceptors (Lipinski definition) is 4. The Morgan fingerprint density at radius 2 is 1.32 bits per heavy atom. The Morgan fingerprint density at radius 3 is 1.79 bits per heavy atom. The predicted octanol–water partition coefficient (Wildman–Crippen LogP) is 6.48. The molecule has 0 amide bonds. The van der Waals surface area contributed by atoms with Crippen LogP contribution in [0.3, 0.4) is 0 Å². The molecule has 34 heavy (non-hydrogen) atoms. The van der Waals surface area contributed by atoms with Gasteiger partial charge in [-0.15, -0.1) is 0 Å². The summed E-state index contributed by atoms with van der Waals surface area (Å²) < 4.78 is 25.3. The summed E-state index contributed by atoms with van der Waals surface area (Å²) in [5, 5.41) is 1.59. The van der Waals surface area contributed by atoms with E-state index in [1.165, 1.54) is 11.6 Å². The molecule has 0 N–H and O–H groups in total. The highest BCUT2D eigenvalue weighted by Gasteiger charge is 2.67. The van der Waals surface area contributed by atoms with E-state index in [1.54, 1.807) is 5.19 Å². The molecule has 0 atom stereocenters. The van der Waals surface area contributed by atoms with E-state index in [1.807, 2.05) is 0 Å². The van der Waals surface area contributed by atoms with E-state index in [0.29, 0.717) is 37.5 Å². The zero-order chi connectivity index (χ0) is 24.5. The quantitative estimate of drug-likeness (QED) is 0.311. The third-order valence-electron chi connectivity index (χ3n) is 9.28. The summed E-state index contributed by atoms with van der Waals surface area (Å²) in [5.41, 5.74) is 2.38. The van der Waals surface area contributed by atoms with Crippen molar-refractivity contribution in [2.75, 3.05) is 26.4 Å². The normalized spacial score (nSPS) is 23.8. The molecule has 2 aliphatic heterocycles. The van der Waals surface area contributed by atoms with Crippen LogP contribution in [0.4, 0.5) is 0 Å². The van der Waals surface area contributed by atoms with E-state index in [4.69, 9.17) is 18.9 Å². The van der Waals surface area contributed by atoms with Gasteiger partial charge >= 0.3 is 0 Å². The molecule has 0 aromatic heterocycles. The molecular weight excluding hydrogens is 440 g/mol. The first-order valence-corrected chi connectivity index (χ1v) is 15.9. The maximum atomic E-state index is 6.33. The first-order valence-electron chi connectivity index (χ1n) is 13.5. The molecule has 0 bridgehead atoms. The Morgan fingerprint density at radius 1 is 0.824 bits per heavy atom. The lowest BCUT2D eigenvalue weighted by molar-refractivity contribution is -0.363. The lowest BCUT2D eigenvalue weighted by Gasteiger charge is -2.56. The fraction of sp³-hybridized carbons (Fsp3) is 0.724. The van der Waals surface area contributed by atoms with Gasteiger partial charge in [0.2, 0.25) is 0 Å². The summed E-state index contributed by atoms with van der Waals surface area (Å²) in [7, 11) is -1.71. The fourth-order valence-electron chi connectivity index (χ4n) is 7.17. The molecule has 5 heteroatoms. The third kappa shape index (κ3) is 4.26. The molecule has 0 radical (unpaired) electrons. The second-order valence-electron chi connectivity index (χ2n) is 11.5. The monoisotopic (exact) mass is 486 g/mol. The van der Waals surface area contributed by atoms with E-state index < -0.39 is 19.6 Å². The molecular formula is C29H46O4Si. The molecule has 1 aromatic carbocycles. The largest absolute Gasteiger partial charge is 0.347 e. The minimum absolute atomic E-state index is 0.322. The van der Waals surface area contributed by atoms with E-state index in [2.05, 4.69) is 78.0 Å². The van der Waals surface area contributed by atoms with Gasteiger partial charge < -0.3 is 18.9 Å². The van der Waals surface area contributed by atoms with Crippen molar-refractivity contribution in [3.63, 3.8) is 0 Å². The molecule has 2 spiro atoms. The molecule has 3 aliphatic rings. The zero-order valence-electron chi connectivity index (χ0n) is 22.3. The topological polar surface area (TPSA) is 36.9 Å². The van der Waals surface area contributed by atoms with Gasteiger partial charge in [0.15, 0.2) is 11.6 Å². The average molecular weight is 487 g/mol. The number of benzene rings is 1. The van der Waals surface area contributed by atoms with Gasteiger partial charge in [0.25, 0.3) is 0 Å². The van der Waals surface area contributed by atoms with E-state index in [0.717, 1.165) is 32.1 Å². The standard InChI is InChI=1S/C29H46O4Si/c1-23(2)34(24(3)4,26-13-11-25(5)12-14-26)22-9-7-8-15-27(6)28(30-18-19-31-28)16-10-17-29(27)32-20-21-33-29/h7,9,11-14,23-24H,8,10,15-22H2,1-6H3/b9-7+. The van der Waals surface area contributed by atoms with Crippen molar-refractivity contribution in [1.29, 1.82) is 0 Å². The van der Waals surface area contributed by atoms with Crippen molar-refractivity contribution in [2.24, 2.45) is 5.41 Å². The van der Waals surface area contributed by atoms with E-state index in [-0.39, 0.29) is 5.41 Å². The van der Waals surface area contributed by atoms with E-state index in [9.17, 15) is 0 Å². The van der Waals surface area contributed by atoms with Crippen LogP contribution in [0.15, 0.2) is 36.4 Å². The van der Waals surface area contributed by atoms with Crippen LogP contribution < -0.4 is 5.19 Å². The lowest BCUT2D eigenvalue weighted by Crippen LogP contribution is -2.64. The lowest BCUT2D eigenvalue weighted by atomic mass is 9.63. The molecule has 2 heterocycles. The Kier molecular flexibility index (Phi) is 7.81. The van der Waals surface area contributed by atoms with Crippen LogP contribution in [0.25, 0.3) is 0 Å². The molecule has 3 fully saturated rings. The van der Waals surface area contributed by atoms with Crippen molar-refractivity contribution in [3.8, 4) is 0 Å². The summed E-state index contributed by atoms with van der Waals surface area (Å²) in [6.45, 7) is 16.8. The smallest absolute Gasteiger partial charge is 0.178 e. The third-order valence-corrected chi connectivity index (χ3v) is 15.7. The first kappa shape index (κ1) is 26.1. The van der Waals surface area contributed by atoms with Gasteiger partial charge in [-0.2, -0.15) is 0 Å². The van der Waals surface area contributed by atoms with Gasteiger partial charge in [-0.1, -0.05) is 74.9 Å². The van der Waals surface area contributed by atoms with Crippen molar-refractivity contribution < 1.29 is 18.9 Å². The van der Waals surface area contributed by atoms with E-state index >= 15 is 0 Å². The molecule has 2 saturated heterocycles. The second-order valence-corrected chi connectivity index (χ2v) is 16.9. The number of allylic oxidation sites excluding steroid dienone is 2. The van der Waals surface area contributed by atoms with Gasteiger partial charge in [0.1, 0.15) is 0 Å². The van der Waals surface area contributed by atoms with Crippen LogP contribution in [-0.4, -0.2) is 46.1 Å². The number of ether oxygens (including phenoxy) is 4. The van der Waals surface area contributed by atoms with Crippen molar-refractivity contribution >= 4 is 13.3 Å². The first-order chi connectivity index (χ1) is 16.2. The van der Waals surface area contributed by atoms with Crippen molar-refractivity contribution in [1.82, 2.24) is 0 Å². The predicted molar refractivity (Wildman–Crippen MR) is 141 cm³/mol. The second kappa shape index (κ2) is 10.2. The Labute approximate surface area is 208 Å². The van der Waals surface area contributed by atoms with Crippen LogP contribution in [0, 0.1) is 12.3 Å². The Bertz CT molecular complexity index is 800.